The number of nitrogens with one attached hydrogen (secondary N) is 1. The quantitative estimate of drug-likeness (QED) is 0.888. The van der Waals surface area contributed by atoms with Crippen LogP contribution in [-0.2, 0) is 6.54 Å². The molecule has 18 heavy (non-hydrogen) atoms. The summed E-state index contributed by atoms with van der Waals surface area (Å²) in [6, 6.07) is 11.4. The highest BCUT2D eigenvalue weighted by Crippen LogP contribution is 2.18. The normalized spacial score (nSPS) is 12.1. The molecular formula is C14H16N2OS. The number of rotatable bonds is 4. The fourth-order valence-electron chi connectivity index (χ4n) is 1.68. The molecule has 1 atom stereocenters. The van der Waals surface area contributed by atoms with E-state index in [-0.39, 0.29) is 11.9 Å². The second kappa shape index (κ2) is 5.80. The number of hydrogen-bond acceptors (Lipinski definition) is 3. The molecule has 0 unspecified atom stereocenters. The number of nitrogens with two attached hydrogens (primary N) is 1. The van der Waals surface area contributed by atoms with E-state index in [4.69, 9.17) is 5.73 Å². The topological polar surface area (TPSA) is 55.1 Å². The second-order valence-corrected chi connectivity index (χ2v) is 5.09. The molecule has 1 aromatic heterocycles. The highest BCUT2D eigenvalue weighted by molar-refractivity contribution is 7.10. The number of benzene rings is 1. The summed E-state index contributed by atoms with van der Waals surface area (Å²) in [5, 5.41) is 4.98. The smallest absolute Gasteiger partial charge is 0.251 e. The van der Waals surface area contributed by atoms with Crippen LogP contribution in [0.1, 0.15) is 33.8 Å². The zero-order valence-corrected chi connectivity index (χ0v) is 11.0. The van der Waals surface area contributed by atoms with Crippen molar-refractivity contribution in [3.05, 3.63) is 57.8 Å². The first-order chi connectivity index (χ1) is 8.70. The molecule has 1 heterocycles. The van der Waals surface area contributed by atoms with E-state index in [9.17, 15) is 4.79 Å². The van der Waals surface area contributed by atoms with Gasteiger partial charge in [0.15, 0.2) is 0 Å². The van der Waals surface area contributed by atoms with Crippen LogP contribution >= 0.6 is 11.3 Å². The van der Waals surface area contributed by atoms with E-state index in [1.54, 1.807) is 23.5 Å². The van der Waals surface area contributed by atoms with Crippen LogP contribution in [0.15, 0.2) is 41.8 Å². The predicted molar refractivity (Wildman–Crippen MR) is 74.5 cm³/mol. The van der Waals surface area contributed by atoms with Gasteiger partial charge in [0.05, 0.1) is 6.04 Å². The Bertz CT molecular complexity index is 505. The van der Waals surface area contributed by atoms with Gasteiger partial charge in [0.25, 0.3) is 5.91 Å². The number of amides is 1. The molecule has 2 rings (SSSR count). The fraction of sp³-hybridized carbons (Fsp3) is 0.214. The van der Waals surface area contributed by atoms with Crippen molar-refractivity contribution in [2.24, 2.45) is 5.73 Å². The van der Waals surface area contributed by atoms with Crippen molar-refractivity contribution in [2.45, 2.75) is 19.5 Å². The van der Waals surface area contributed by atoms with Crippen LogP contribution in [0.2, 0.25) is 0 Å². The molecule has 0 radical (unpaired) electrons. The number of thiophene rings is 1. The van der Waals surface area contributed by atoms with Crippen molar-refractivity contribution in [1.29, 1.82) is 0 Å². The molecule has 4 heteroatoms. The van der Waals surface area contributed by atoms with Crippen LogP contribution in [-0.4, -0.2) is 5.91 Å². The van der Waals surface area contributed by atoms with E-state index in [1.807, 2.05) is 36.6 Å². The largest absolute Gasteiger partial charge is 0.345 e. The molecule has 0 bridgehead atoms. The van der Waals surface area contributed by atoms with Gasteiger partial charge in [0.1, 0.15) is 0 Å². The Balaban J connectivity index is 2.03. The molecule has 0 saturated heterocycles. The van der Waals surface area contributed by atoms with E-state index < -0.39 is 0 Å². The Kier molecular flexibility index (Phi) is 4.12. The molecule has 2 aromatic rings. The molecule has 3 N–H and O–H groups in total. The molecule has 1 aromatic carbocycles. The molecule has 0 aliphatic heterocycles. The molecule has 0 aliphatic rings. The lowest BCUT2D eigenvalue weighted by Crippen LogP contribution is -2.26. The summed E-state index contributed by atoms with van der Waals surface area (Å²) in [7, 11) is 0. The summed E-state index contributed by atoms with van der Waals surface area (Å²) in [6.07, 6.45) is 0. The monoisotopic (exact) mass is 260 g/mol. The average Bonchev–Trinajstić information content (AvgIpc) is 2.92. The van der Waals surface area contributed by atoms with Crippen molar-refractivity contribution in [2.75, 3.05) is 0 Å². The molecule has 0 spiro atoms. The number of carbonyl (C=O) groups excluding carboxylic acids is 1. The Hall–Kier alpha value is -1.65. The summed E-state index contributed by atoms with van der Waals surface area (Å²) < 4.78 is 0. The molecule has 94 valence electrons. The maximum absolute atomic E-state index is 12.0. The van der Waals surface area contributed by atoms with Gasteiger partial charge in [-0.1, -0.05) is 18.2 Å². The van der Waals surface area contributed by atoms with Gasteiger partial charge in [0, 0.05) is 17.0 Å². The minimum absolute atomic E-state index is 0.0340. The van der Waals surface area contributed by atoms with E-state index in [2.05, 4.69) is 5.32 Å². The van der Waals surface area contributed by atoms with Gasteiger partial charge in [0.2, 0.25) is 0 Å². The Morgan fingerprint density at radius 1 is 1.33 bits per heavy atom. The van der Waals surface area contributed by atoms with Gasteiger partial charge in [-0.3, -0.25) is 4.79 Å². The first kappa shape index (κ1) is 12.8. The van der Waals surface area contributed by atoms with Gasteiger partial charge in [-0.2, -0.15) is 0 Å². The lowest BCUT2D eigenvalue weighted by Gasteiger charge is -2.12. The third-order valence-corrected chi connectivity index (χ3v) is 3.82. The summed E-state index contributed by atoms with van der Waals surface area (Å²) in [5.41, 5.74) is 7.21. The summed E-state index contributed by atoms with van der Waals surface area (Å²) >= 11 is 1.64. The number of hydrogen-bond donors (Lipinski definition) is 2. The third-order valence-electron chi connectivity index (χ3n) is 2.77. The Morgan fingerprint density at radius 2 is 2.06 bits per heavy atom. The van der Waals surface area contributed by atoms with Crippen LogP contribution in [0.4, 0.5) is 0 Å². The van der Waals surface area contributed by atoms with Crippen LogP contribution in [0.25, 0.3) is 0 Å². The van der Waals surface area contributed by atoms with Crippen molar-refractivity contribution in [1.82, 2.24) is 5.32 Å². The molecule has 0 aliphatic carbocycles. The molecule has 1 amide bonds. The average molecular weight is 260 g/mol. The maximum Gasteiger partial charge on any atom is 0.251 e. The van der Waals surface area contributed by atoms with E-state index in [1.165, 1.54) is 0 Å². The van der Waals surface area contributed by atoms with Crippen molar-refractivity contribution >= 4 is 17.2 Å². The first-order valence-corrected chi connectivity index (χ1v) is 6.72. The SMILES string of the molecule is C[C@H](NC(=O)c1ccc(CN)cc1)c1cccs1. The minimum Gasteiger partial charge on any atom is -0.345 e. The summed E-state index contributed by atoms with van der Waals surface area (Å²) in [5.74, 6) is -0.0560. The summed E-state index contributed by atoms with van der Waals surface area (Å²) in [6.45, 7) is 2.48. The Labute approximate surface area is 111 Å². The van der Waals surface area contributed by atoms with Crippen molar-refractivity contribution in [3.63, 3.8) is 0 Å². The first-order valence-electron chi connectivity index (χ1n) is 5.84. The zero-order chi connectivity index (χ0) is 13.0. The van der Waals surface area contributed by atoms with Gasteiger partial charge >= 0.3 is 0 Å². The summed E-state index contributed by atoms with van der Waals surface area (Å²) in [4.78, 5) is 13.2. The minimum atomic E-state index is -0.0560. The van der Waals surface area contributed by atoms with Gasteiger partial charge in [-0.15, -0.1) is 11.3 Å². The standard InChI is InChI=1S/C14H16N2OS/c1-10(13-3-2-8-18-13)16-14(17)12-6-4-11(9-15)5-7-12/h2-8,10H,9,15H2,1H3,(H,16,17)/t10-/m0/s1. The highest BCUT2D eigenvalue weighted by atomic mass is 32.1. The van der Waals surface area contributed by atoms with E-state index >= 15 is 0 Å². The zero-order valence-electron chi connectivity index (χ0n) is 10.2. The van der Waals surface area contributed by atoms with E-state index in [0.29, 0.717) is 12.1 Å². The van der Waals surface area contributed by atoms with Gasteiger partial charge < -0.3 is 11.1 Å². The lowest BCUT2D eigenvalue weighted by molar-refractivity contribution is 0.0940. The molecule has 0 saturated carbocycles. The second-order valence-electron chi connectivity index (χ2n) is 4.11. The van der Waals surface area contributed by atoms with Crippen LogP contribution in [0, 0.1) is 0 Å². The third kappa shape index (κ3) is 2.97. The molecular weight excluding hydrogens is 244 g/mol. The van der Waals surface area contributed by atoms with Crippen LogP contribution < -0.4 is 11.1 Å². The molecule has 0 fully saturated rings. The Morgan fingerprint density at radius 3 is 2.61 bits per heavy atom. The van der Waals surface area contributed by atoms with Gasteiger partial charge in [-0.05, 0) is 36.1 Å². The predicted octanol–water partition coefficient (Wildman–Crippen LogP) is 2.70. The number of carbonyl (C=O) groups is 1. The molecule has 3 nitrogen and oxygen atoms in total. The van der Waals surface area contributed by atoms with Crippen molar-refractivity contribution < 1.29 is 4.79 Å². The van der Waals surface area contributed by atoms with Crippen molar-refractivity contribution in [3.8, 4) is 0 Å². The lowest BCUT2D eigenvalue weighted by atomic mass is 10.1. The van der Waals surface area contributed by atoms with Crippen LogP contribution in [0.5, 0.6) is 0 Å². The van der Waals surface area contributed by atoms with Crippen LogP contribution in [0.3, 0.4) is 0 Å². The maximum atomic E-state index is 12.0. The highest BCUT2D eigenvalue weighted by Gasteiger charge is 2.11. The fourth-order valence-corrected chi connectivity index (χ4v) is 2.42. The van der Waals surface area contributed by atoms with Gasteiger partial charge in [-0.25, -0.2) is 0 Å². The van der Waals surface area contributed by atoms with E-state index in [0.717, 1.165) is 10.4 Å².